The van der Waals surface area contributed by atoms with E-state index in [-0.39, 0.29) is 19.1 Å². The number of carbonyl (C=O) groups is 1. The number of para-hydroxylation sites is 1. The fraction of sp³-hybridized carbons (Fsp3) is 0.316. The van der Waals surface area contributed by atoms with Crippen LogP contribution in [0.5, 0.6) is 11.5 Å². The van der Waals surface area contributed by atoms with Gasteiger partial charge in [-0.25, -0.2) is 0 Å². The van der Waals surface area contributed by atoms with E-state index in [0.717, 1.165) is 5.56 Å². The minimum Gasteiger partial charge on any atom is -0.493 e. The number of rotatable bonds is 5. The van der Waals surface area contributed by atoms with Gasteiger partial charge in [0.2, 0.25) is 0 Å². The molecular formula is C19H21NO4. The van der Waals surface area contributed by atoms with Gasteiger partial charge in [-0.1, -0.05) is 35.9 Å². The lowest BCUT2D eigenvalue weighted by Crippen LogP contribution is -2.45. The largest absolute Gasteiger partial charge is 0.493 e. The predicted octanol–water partition coefficient (Wildman–Crippen LogP) is 2.16. The number of aliphatic hydroxyl groups is 1. The highest BCUT2D eigenvalue weighted by atomic mass is 16.5. The van der Waals surface area contributed by atoms with Crippen LogP contribution >= 0.6 is 0 Å². The third-order valence-corrected chi connectivity index (χ3v) is 4.13. The molecule has 0 spiro atoms. The molecule has 0 aliphatic carbocycles. The maximum atomic E-state index is 12.0. The summed E-state index contributed by atoms with van der Waals surface area (Å²) < 4.78 is 11.0. The Morgan fingerprint density at radius 1 is 1.25 bits per heavy atom. The van der Waals surface area contributed by atoms with Gasteiger partial charge in [0.25, 0.3) is 5.91 Å². The number of ether oxygens (including phenoxy) is 2. The fourth-order valence-corrected chi connectivity index (χ4v) is 2.70. The van der Waals surface area contributed by atoms with Crippen LogP contribution in [-0.2, 0) is 10.4 Å². The molecule has 1 aliphatic heterocycles. The highest BCUT2D eigenvalue weighted by Gasteiger charge is 2.35. The van der Waals surface area contributed by atoms with Crippen molar-refractivity contribution in [1.82, 2.24) is 5.32 Å². The monoisotopic (exact) mass is 327 g/mol. The van der Waals surface area contributed by atoms with Crippen molar-refractivity contribution >= 4 is 5.91 Å². The van der Waals surface area contributed by atoms with Gasteiger partial charge in [-0.3, -0.25) is 4.79 Å². The summed E-state index contributed by atoms with van der Waals surface area (Å²) in [6.07, 6.45) is 0.434. The van der Waals surface area contributed by atoms with Crippen molar-refractivity contribution in [3.05, 3.63) is 59.7 Å². The second-order valence-electron chi connectivity index (χ2n) is 6.00. The molecule has 1 amide bonds. The standard InChI is InChI=1S/C19H21NO4/c1-14-6-8-15(9-7-14)24-12-18(21)20-13-19(22)10-11-23-17-5-3-2-4-16(17)19/h2-9,22H,10-13H2,1H3,(H,20,21). The molecule has 24 heavy (non-hydrogen) atoms. The zero-order chi connectivity index (χ0) is 17.0. The van der Waals surface area contributed by atoms with Crippen LogP contribution in [0.15, 0.2) is 48.5 Å². The first-order valence-corrected chi connectivity index (χ1v) is 7.98. The normalized spacial score (nSPS) is 19.1. The maximum Gasteiger partial charge on any atom is 0.258 e. The molecule has 1 unspecified atom stereocenters. The second-order valence-corrected chi connectivity index (χ2v) is 6.00. The lowest BCUT2D eigenvalue weighted by Gasteiger charge is -2.34. The molecule has 2 aromatic rings. The first-order chi connectivity index (χ1) is 11.6. The van der Waals surface area contributed by atoms with E-state index in [1.54, 1.807) is 0 Å². The van der Waals surface area contributed by atoms with Gasteiger partial charge in [-0.15, -0.1) is 0 Å². The summed E-state index contributed by atoms with van der Waals surface area (Å²) in [5.41, 5.74) is 0.720. The minimum atomic E-state index is -1.12. The lowest BCUT2D eigenvalue weighted by molar-refractivity contribution is -0.124. The average molecular weight is 327 g/mol. The highest BCUT2D eigenvalue weighted by molar-refractivity contribution is 5.77. The van der Waals surface area contributed by atoms with Gasteiger partial charge >= 0.3 is 0 Å². The van der Waals surface area contributed by atoms with Crippen LogP contribution in [0.4, 0.5) is 0 Å². The van der Waals surface area contributed by atoms with Gasteiger partial charge < -0.3 is 19.9 Å². The lowest BCUT2D eigenvalue weighted by atomic mass is 9.88. The van der Waals surface area contributed by atoms with Crippen LogP contribution < -0.4 is 14.8 Å². The molecule has 1 aliphatic rings. The van der Waals surface area contributed by atoms with Crippen LogP contribution in [0, 0.1) is 6.92 Å². The van der Waals surface area contributed by atoms with Gasteiger partial charge in [0.05, 0.1) is 13.2 Å². The van der Waals surface area contributed by atoms with Crippen molar-refractivity contribution in [3.8, 4) is 11.5 Å². The number of benzene rings is 2. The van der Waals surface area contributed by atoms with Gasteiger partial charge in [-0.2, -0.15) is 0 Å². The van der Waals surface area contributed by atoms with E-state index in [9.17, 15) is 9.90 Å². The molecule has 1 atom stereocenters. The van der Waals surface area contributed by atoms with E-state index in [4.69, 9.17) is 9.47 Å². The zero-order valence-electron chi connectivity index (χ0n) is 13.6. The number of hydrogen-bond acceptors (Lipinski definition) is 4. The number of carbonyl (C=O) groups excluding carboxylic acids is 1. The van der Waals surface area contributed by atoms with Crippen molar-refractivity contribution in [2.24, 2.45) is 0 Å². The number of hydrogen-bond donors (Lipinski definition) is 2. The van der Waals surface area contributed by atoms with Crippen molar-refractivity contribution < 1.29 is 19.4 Å². The summed E-state index contributed by atoms with van der Waals surface area (Å²) in [6, 6.07) is 14.9. The SMILES string of the molecule is Cc1ccc(OCC(=O)NCC2(O)CCOc3ccccc32)cc1. The first-order valence-electron chi connectivity index (χ1n) is 7.98. The molecule has 5 nitrogen and oxygen atoms in total. The first kappa shape index (κ1) is 16.3. The zero-order valence-corrected chi connectivity index (χ0v) is 13.6. The Bertz CT molecular complexity index is 714. The Morgan fingerprint density at radius 3 is 2.79 bits per heavy atom. The highest BCUT2D eigenvalue weighted by Crippen LogP contribution is 2.36. The van der Waals surface area contributed by atoms with Gasteiger partial charge in [0.1, 0.15) is 17.1 Å². The molecule has 5 heteroatoms. The fourth-order valence-electron chi connectivity index (χ4n) is 2.70. The van der Waals surface area contributed by atoms with Gasteiger partial charge in [-0.05, 0) is 25.1 Å². The quantitative estimate of drug-likeness (QED) is 0.883. The van der Waals surface area contributed by atoms with Crippen LogP contribution in [0.25, 0.3) is 0 Å². The Labute approximate surface area is 141 Å². The number of fused-ring (bicyclic) bond motifs is 1. The molecule has 0 bridgehead atoms. The van der Waals surface area contributed by atoms with Gasteiger partial charge in [0, 0.05) is 12.0 Å². The Balaban J connectivity index is 1.55. The van der Waals surface area contributed by atoms with Crippen molar-refractivity contribution in [3.63, 3.8) is 0 Å². The summed E-state index contributed by atoms with van der Waals surface area (Å²) in [7, 11) is 0. The number of aryl methyl sites for hydroxylation is 1. The average Bonchev–Trinajstić information content (AvgIpc) is 2.60. The Kier molecular flexibility index (Phi) is 4.71. The number of amides is 1. The van der Waals surface area contributed by atoms with Crippen LogP contribution in [0.1, 0.15) is 17.5 Å². The summed E-state index contributed by atoms with van der Waals surface area (Å²) in [5.74, 6) is 1.04. The number of nitrogens with one attached hydrogen (secondary N) is 1. The molecule has 3 rings (SSSR count). The van der Waals surface area contributed by atoms with Gasteiger partial charge in [0.15, 0.2) is 6.61 Å². The van der Waals surface area contributed by atoms with E-state index >= 15 is 0 Å². The van der Waals surface area contributed by atoms with Crippen molar-refractivity contribution in [1.29, 1.82) is 0 Å². The summed E-state index contributed by atoms with van der Waals surface area (Å²) in [5, 5.41) is 13.6. The van der Waals surface area contributed by atoms with Crippen molar-refractivity contribution in [2.45, 2.75) is 18.9 Å². The van der Waals surface area contributed by atoms with E-state index in [1.165, 1.54) is 0 Å². The minimum absolute atomic E-state index is 0.0860. The Morgan fingerprint density at radius 2 is 2.00 bits per heavy atom. The third-order valence-electron chi connectivity index (χ3n) is 4.13. The molecule has 126 valence electrons. The molecule has 0 aromatic heterocycles. The van der Waals surface area contributed by atoms with Crippen molar-refractivity contribution in [2.75, 3.05) is 19.8 Å². The predicted molar refractivity (Wildman–Crippen MR) is 90.1 cm³/mol. The molecule has 0 saturated carbocycles. The molecule has 0 fully saturated rings. The van der Waals surface area contributed by atoms with E-state index in [1.807, 2.05) is 55.5 Å². The molecular weight excluding hydrogens is 306 g/mol. The van der Waals surface area contributed by atoms with Crippen LogP contribution in [0.3, 0.4) is 0 Å². The van der Waals surface area contributed by atoms with Crippen LogP contribution in [0.2, 0.25) is 0 Å². The second kappa shape index (κ2) is 6.93. The summed E-state index contributed by atoms with van der Waals surface area (Å²) in [6.45, 7) is 2.45. The van der Waals surface area contributed by atoms with Crippen LogP contribution in [-0.4, -0.2) is 30.8 Å². The topological polar surface area (TPSA) is 67.8 Å². The molecule has 0 saturated heterocycles. The summed E-state index contributed by atoms with van der Waals surface area (Å²) >= 11 is 0. The smallest absolute Gasteiger partial charge is 0.258 e. The molecule has 0 radical (unpaired) electrons. The third kappa shape index (κ3) is 3.68. The Hall–Kier alpha value is -2.53. The molecule has 2 N–H and O–H groups in total. The van der Waals surface area contributed by atoms with E-state index in [0.29, 0.717) is 30.1 Å². The molecule has 2 aromatic carbocycles. The van der Waals surface area contributed by atoms with E-state index < -0.39 is 5.60 Å². The van der Waals surface area contributed by atoms with E-state index in [2.05, 4.69) is 5.32 Å². The molecule has 1 heterocycles. The maximum absolute atomic E-state index is 12.0. The summed E-state index contributed by atoms with van der Waals surface area (Å²) in [4.78, 5) is 12.0.